The molecule has 46 heavy (non-hydrogen) atoms. The number of aromatic amines is 1. The van der Waals surface area contributed by atoms with E-state index in [4.69, 9.17) is 15.6 Å². The molecule has 0 aromatic carbocycles. The van der Waals surface area contributed by atoms with Crippen molar-refractivity contribution in [1.82, 2.24) is 36.2 Å². The molecule has 2 amide bonds. The van der Waals surface area contributed by atoms with Gasteiger partial charge in [-0.15, -0.1) is 33.3 Å². The Kier molecular flexibility index (Phi) is 17.7. The molecule has 17 heteroatoms. The minimum Gasteiger partial charge on any atom is -0.395 e. The summed E-state index contributed by atoms with van der Waals surface area (Å²) in [5.74, 6) is 1.75. The third-order valence-electron chi connectivity index (χ3n) is 5.78. The smallest absolute Gasteiger partial charge is 0.279 e. The van der Waals surface area contributed by atoms with E-state index in [1.807, 2.05) is 68.8 Å². The van der Waals surface area contributed by atoms with E-state index >= 15 is 0 Å². The van der Waals surface area contributed by atoms with E-state index < -0.39 is 5.91 Å². The molecule has 0 saturated carbocycles. The van der Waals surface area contributed by atoms with Crippen molar-refractivity contribution in [1.29, 1.82) is 0 Å². The van der Waals surface area contributed by atoms with E-state index in [2.05, 4.69) is 48.6 Å². The first-order valence-electron chi connectivity index (χ1n) is 14.4. The molecule has 248 valence electrons. The zero-order chi connectivity index (χ0) is 33.9. The molecule has 1 aliphatic heterocycles. The van der Waals surface area contributed by atoms with E-state index in [9.17, 15) is 9.59 Å². The Labute approximate surface area is 286 Å². The standard InChI is InChI=1S/C14H14N7S3.C13H21N3O3S.C2H6/c1-21-4-2-9(3-5-21)10-6-23-14(16-10)24-11-7-22-8-15-12(11)13-17-19-20-18-13;1-5-9(3)12(14)20-7-10(4)11(16-19-6-2)13(18)15-8-17;1-2/h2-6,15H,7-8H2,1H3,(H,17,18,19,20);7-8H,5-6,14H2,1-4H3,(H,15,17,18);1-2H3/q+1;;/b;10-7+,12-9?,16-11-;. The number of imide groups is 1. The van der Waals surface area contributed by atoms with E-state index in [0.29, 0.717) is 29.4 Å². The van der Waals surface area contributed by atoms with Crippen LogP contribution in [0.1, 0.15) is 53.8 Å². The van der Waals surface area contributed by atoms with E-state index in [-0.39, 0.29) is 5.71 Å². The number of aryl methyl sites for hydroxylation is 1. The van der Waals surface area contributed by atoms with Crippen molar-refractivity contribution >= 4 is 70.3 Å². The van der Waals surface area contributed by atoms with Gasteiger partial charge in [-0.1, -0.05) is 49.5 Å². The van der Waals surface area contributed by atoms with Gasteiger partial charge in [-0.2, -0.15) is 5.21 Å². The predicted molar refractivity (Wildman–Crippen MR) is 189 cm³/mol. The molecule has 5 N–H and O–H groups in total. The van der Waals surface area contributed by atoms with Crippen molar-refractivity contribution in [3.63, 3.8) is 0 Å². The second-order valence-corrected chi connectivity index (χ2v) is 13.0. The molecule has 0 aliphatic carbocycles. The van der Waals surface area contributed by atoms with Crippen molar-refractivity contribution in [2.45, 2.75) is 52.3 Å². The van der Waals surface area contributed by atoms with Gasteiger partial charge in [0.05, 0.1) is 22.3 Å². The first kappa shape index (κ1) is 38.5. The summed E-state index contributed by atoms with van der Waals surface area (Å²) in [6.07, 6.45) is 5.22. The molecule has 0 fully saturated rings. The zero-order valence-electron chi connectivity index (χ0n) is 27.0. The van der Waals surface area contributed by atoms with Crippen LogP contribution in [0.3, 0.4) is 0 Å². The van der Waals surface area contributed by atoms with Gasteiger partial charge in [-0.3, -0.25) is 14.9 Å². The Bertz CT molecular complexity index is 1520. The highest BCUT2D eigenvalue weighted by Crippen LogP contribution is 2.38. The number of nitrogens with one attached hydrogen (secondary N) is 3. The minimum absolute atomic E-state index is 0.0494. The average Bonchev–Trinajstić information content (AvgIpc) is 3.79. The maximum absolute atomic E-state index is 11.7. The van der Waals surface area contributed by atoms with Crippen LogP contribution >= 0.6 is 46.6 Å². The minimum atomic E-state index is -0.613. The fourth-order valence-electron chi connectivity index (χ4n) is 3.23. The van der Waals surface area contributed by atoms with Crippen molar-refractivity contribution in [2.75, 3.05) is 18.2 Å². The summed E-state index contributed by atoms with van der Waals surface area (Å²) in [4.78, 5) is 32.8. The van der Waals surface area contributed by atoms with Crippen LogP contribution in [0.15, 0.2) is 65.9 Å². The monoisotopic (exact) mass is 705 g/mol. The number of rotatable bonds is 12. The quantitative estimate of drug-likeness (QED) is 0.0876. The summed E-state index contributed by atoms with van der Waals surface area (Å²) in [5.41, 5.74) is 10.6. The Hall–Kier alpha value is -3.67. The lowest BCUT2D eigenvalue weighted by Crippen LogP contribution is -2.30. The number of nitrogens with two attached hydrogens (primary N) is 1. The van der Waals surface area contributed by atoms with Crippen LogP contribution < -0.4 is 20.9 Å². The van der Waals surface area contributed by atoms with Crippen LogP contribution in [-0.4, -0.2) is 61.9 Å². The summed E-state index contributed by atoms with van der Waals surface area (Å²) in [5, 5.41) is 27.9. The van der Waals surface area contributed by atoms with Gasteiger partial charge in [0.25, 0.3) is 5.91 Å². The van der Waals surface area contributed by atoms with Gasteiger partial charge in [0, 0.05) is 33.7 Å². The number of nitrogens with zero attached hydrogens (tertiary/aromatic N) is 6. The number of H-pyrrole nitrogens is 1. The molecule has 4 heterocycles. The number of carbonyl (C=O) groups excluding carboxylic acids is 2. The van der Waals surface area contributed by atoms with Crippen LogP contribution in [0.5, 0.6) is 0 Å². The van der Waals surface area contributed by atoms with Crippen LogP contribution in [0.25, 0.3) is 17.0 Å². The highest BCUT2D eigenvalue weighted by Gasteiger charge is 2.20. The van der Waals surface area contributed by atoms with E-state index in [1.165, 1.54) is 16.7 Å². The molecule has 13 nitrogen and oxygen atoms in total. The number of thioether (sulfide) groups is 3. The number of amides is 2. The summed E-state index contributed by atoms with van der Waals surface area (Å²) in [6.45, 7) is 11.7. The van der Waals surface area contributed by atoms with E-state index in [0.717, 1.165) is 44.9 Å². The average molecular weight is 706 g/mol. The Morgan fingerprint density at radius 1 is 1.26 bits per heavy atom. The first-order chi connectivity index (χ1) is 22.3. The topological polar surface area (TPSA) is 177 Å². The van der Waals surface area contributed by atoms with Crippen molar-refractivity contribution < 1.29 is 19.0 Å². The molecular formula is C29H41N10O3S4+. The van der Waals surface area contributed by atoms with Gasteiger partial charge in [0.1, 0.15) is 13.7 Å². The largest absolute Gasteiger partial charge is 0.395 e. The molecule has 0 unspecified atom stereocenters. The van der Waals surface area contributed by atoms with Crippen LogP contribution in [0.4, 0.5) is 0 Å². The molecule has 4 rings (SSSR count). The number of thiazole rings is 1. The Morgan fingerprint density at radius 2 is 2.00 bits per heavy atom. The van der Waals surface area contributed by atoms with Gasteiger partial charge in [0.15, 0.2) is 22.4 Å². The Balaban J connectivity index is 0.000000310. The third-order valence-corrected chi connectivity index (χ3v) is 9.91. The fraction of sp³-hybridized carbons (Fsp3) is 0.379. The predicted octanol–water partition coefficient (Wildman–Crippen LogP) is 4.82. The number of tetrazole rings is 1. The van der Waals surface area contributed by atoms with Gasteiger partial charge < -0.3 is 15.9 Å². The number of aromatic nitrogens is 6. The second kappa shape index (κ2) is 21.2. The highest BCUT2D eigenvalue weighted by atomic mass is 32.2. The van der Waals surface area contributed by atoms with Gasteiger partial charge in [0.2, 0.25) is 12.2 Å². The van der Waals surface area contributed by atoms with E-state index in [1.54, 1.807) is 42.4 Å². The molecule has 3 aromatic rings. The highest BCUT2D eigenvalue weighted by molar-refractivity contribution is 8.07. The SMILES string of the molecule is CC.CCO/N=C(C(=O)NC=O)/C(C)=C/SC(N)=C(C)CC.C[n+]1ccc(-c2csc(SC3=C(c4nn[nH]n4)NCSC3)n2)cc1. The summed E-state index contributed by atoms with van der Waals surface area (Å²) in [6, 6.07) is 4.15. The number of hydrogen-bond acceptors (Lipinski definition) is 14. The van der Waals surface area contributed by atoms with Crippen LogP contribution in [0, 0.1) is 0 Å². The summed E-state index contributed by atoms with van der Waals surface area (Å²) in [7, 11) is 2.01. The summed E-state index contributed by atoms with van der Waals surface area (Å²) >= 11 is 6.45. The molecule has 0 radical (unpaired) electrons. The van der Waals surface area contributed by atoms with Gasteiger partial charge >= 0.3 is 0 Å². The fourth-order valence-corrected chi connectivity index (χ4v) is 6.97. The van der Waals surface area contributed by atoms with Gasteiger partial charge in [-0.05, 0) is 49.0 Å². The van der Waals surface area contributed by atoms with Crippen molar-refractivity contribution in [3.05, 3.63) is 62.2 Å². The lowest BCUT2D eigenvalue weighted by molar-refractivity contribution is -0.671. The number of oxime groups is 1. The lowest BCUT2D eigenvalue weighted by atomic mass is 10.2. The summed E-state index contributed by atoms with van der Waals surface area (Å²) < 4.78 is 3.02. The molecular weight excluding hydrogens is 665 g/mol. The number of carbonyl (C=O) groups is 2. The lowest BCUT2D eigenvalue weighted by Gasteiger charge is -2.18. The first-order valence-corrected chi connectivity index (χ1v) is 18.1. The third kappa shape index (κ3) is 12.3. The van der Waals surface area contributed by atoms with Crippen molar-refractivity contribution in [2.24, 2.45) is 17.9 Å². The molecule has 0 saturated heterocycles. The van der Waals surface area contributed by atoms with Crippen LogP contribution in [-0.2, 0) is 21.5 Å². The molecule has 0 bridgehead atoms. The maximum atomic E-state index is 11.7. The van der Waals surface area contributed by atoms with Crippen LogP contribution in [0.2, 0.25) is 0 Å². The number of hydrogen-bond donors (Lipinski definition) is 4. The van der Waals surface area contributed by atoms with Gasteiger partial charge in [-0.25, -0.2) is 9.55 Å². The van der Waals surface area contributed by atoms with Crippen molar-refractivity contribution in [3.8, 4) is 11.3 Å². The molecule has 0 atom stereocenters. The Morgan fingerprint density at radius 3 is 2.63 bits per heavy atom. The molecule has 1 aliphatic rings. The molecule has 0 spiro atoms. The normalized spacial score (nSPS) is 13.7. The number of pyridine rings is 1. The zero-order valence-corrected chi connectivity index (χ0v) is 30.3. The maximum Gasteiger partial charge on any atom is 0.279 e. The second-order valence-electron chi connectivity index (χ2n) is 8.92. The molecule has 3 aromatic heterocycles. The number of allylic oxidation sites excluding steroid dienone is 1.